The summed E-state index contributed by atoms with van der Waals surface area (Å²) in [6.45, 7) is 0. The number of anilines is 1. The van der Waals surface area contributed by atoms with Crippen LogP contribution in [0.2, 0.25) is 0 Å². The molecule has 0 saturated heterocycles. The number of nitrogens with one attached hydrogen (secondary N) is 2. The molecule has 0 spiro atoms. The Bertz CT molecular complexity index is 1300. The fourth-order valence-corrected chi connectivity index (χ4v) is 4.30. The Morgan fingerprint density at radius 2 is 1.26 bits per heavy atom. The van der Waals surface area contributed by atoms with Crippen molar-refractivity contribution in [2.45, 2.75) is 4.90 Å². The second-order valence-corrected chi connectivity index (χ2v) is 8.41. The van der Waals surface area contributed by atoms with Gasteiger partial charge in [-0.15, -0.1) is 0 Å². The maximum Gasteiger partial charge on any atom is 0.262 e. The topological polar surface area (TPSA) is 102 Å². The van der Waals surface area contributed by atoms with Crippen LogP contribution in [0, 0.1) is 0 Å². The summed E-state index contributed by atoms with van der Waals surface area (Å²) in [7, 11) is -2.57. The number of methoxy groups -OCH3 is 1. The van der Waals surface area contributed by atoms with Crippen LogP contribution in [0.4, 0.5) is 5.69 Å². The molecular formula is C23H18N2O5S. The van der Waals surface area contributed by atoms with Gasteiger partial charge in [0.05, 0.1) is 12.0 Å². The van der Waals surface area contributed by atoms with Gasteiger partial charge in [-0.1, -0.05) is 42.5 Å². The number of ketones is 2. The van der Waals surface area contributed by atoms with Gasteiger partial charge in [0.25, 0.3) is 10.0 Å². The molecule has 31 heavy (non-hydrogen) atoms. The van der Waals surface area contributed by atoms with Crippen LogP contribution in [0.3, 0.4) is 0 Å². The van der Waals surface area contributed by atoms with Crippen molar-refractivity contribution in [2.24, 2.45) is 0 Å². The highest BCUT2D eigenvalue weighted by molar-refractivity contribution is 7.89. The smallest absolute Gasteiger partial charge is 0.262 e. The van der Waals surface area contributed by atoms with E-state index >= 15 is 0 Å². The summed E-state index contributed by atoms with van der Waals surface area (Å²) >= 11 is 0. The molecule has 7 nitrogen and oxygen atoms in total. The van der Waals surface area contributed by atoms with E-state index in [2.05, 4.69) is 10.0 Å². The largest absolute Gasteiger partial charge is 0.497 e. The van der Waals surface area contributed by atoms with Crippen LogP contribution >= 0.6 is 0 Å². The maximum atomic E-state index is 13.2. The standard InChI is InChI=1S/C23H18N2O5S/c1-30-16-13-11-15(12-14-16)24-20-21(25-31(28,29)17-7-3-2-4-8-17)23(27)19-10-6-5-9-18(19)22(20)26/h2-14,24-25H,1H3. The van der Waals surface area contributed by atoms with Crippen molar-refractivity contribution in [3.05, 3.63) is 101 Å². The number of benzene rings is 3. The van der Waals surface area contributed by atoms with E-state index in [-0.39, 0.29) is 27.4 Å². The van der Waals surface area contributed by atoms with Gasteiger partial charge in [-0.2, -0.15) is 0 Å². The second-order valence-electron chi connectivity index (χ2n) is 6.73. The molecule has 2 N–H and O–H groups in total. The summed E-state index contributed by atoms with van der Waals surface area (Å²) in [5.74, 6) is -0.469. The van der Waals surface area contributed by atoms with Crippen molar-refractivity contribution in [3.8, 4) is 5.75 Å². The molecule has 8 heteroatoms. The summed E-state index contributed by atoms with van der Waals surface area (Å²) in [6, 6.07) is 20.6. The Balaban J connectivity index is 1.81. The first-order valence-electron chi connectivity index (χ1n) is 9.32. The van der Waals surface area contributed by atoms with Crippen LogP contribution in [0.1, 0.15) is 20.7 Å². The third kappa shape index (κ3) is 3.93. The molecule has 0 atom stereocenters. The Labute approximate surface area is 179 Å². The van der Waals surface area contributed by atoms with Gasteiger partial charge in [-0.25, -0.2) is 8.42 Å². The van der Waals surface area contributed by atoms with Gasteiger partial charge in [-0.05, 0) is 36.4 Å². The minimum Gasteiger partial charge on any atom is -0.497 e. The van der Waals surface area contributed by atoms with Crippen molar-refractivity contribution < 1.29 is 22.7 Å². The van der Waals surface area contributed by atoms with Crippen LogP contribution in [-0.2, 0) is 10.0 Å². The molecule has 0 heterocycles. The highest BCUT2D eigenvalue weighted by atomic mass is 32.2. The number of allylic oxidation sites excluding steroid dienone is 2. The molecule has 0 saturated carbocycles. The molecule has 3 aromatic rings. The van der Waals surface area contributed by atoms with Crippen LogP contribution in [-0.4, -0.2) is 27.1 Å². The number of sulfonamides is 1. The van der Waals surface area contributed by atoms with E-state index in [4.69, 9.17) is 4.74 Å². The highest BCUT2D eigenvalue weighted by Gasteiger charge is 2.34. The maximum absolute atomic E-state index is 13.2. The monoisotopic (exact) mass is 434 g/mol. The molecule has 0 bridgehead atoms. The molecule has 156 valence electrons. The second kappa shape index (κ2) is 8.08. The number of rotatable bonds is 6. The molecule has 1 aliphatic carbocycles. The third-order valence-electron chi connectivity index (χ3n) is 4.77. The first-order valence-corrected chi connectivity index (χ1v) is 10.8. The fourth-order valence-electron chi connectivity index (χ4n) is 3.20. The Kier molecular flexibility index (Phi) is 5.31. The van der Waals surface area contributed by atoms with E-state index in [0.29, 0.717) is 11.4 Å². The lowest BCUT2D eigenvalue weighted by molar-refractivity contribution is 0.0972. The van der Waals surface area contributed by atoms with Crippen molar-refractivity contribution in [1.29, 1.82) is 0 Å². The molecule has 0 fully saturated rings. The van der Waals surface area contributed by atoms with E-state index < -0.39 is 21.6 Å². The lowest BCUT2D eigenvalue weighted by atomic mass is 9.90. The summed E-state index contributed by atoms with van der Waals surface area (Å²) < 4.78 is 33.2. The number of carbonyl (C=O) groups is 2. The van der Waals surface area contributed by atoms with Crippen LogP contribution in [0.25, 0.3) is 0 Å². The molecule has 3 aromatic carbocycles. The Morgan fingerprint density at radius 1 is 0.710 bits per heavy atom. The summed E-state index contributed by atoms with van der Waals surface area (Å²) in [4.78, 5) is 26.3. The number of hydrogen-bond donors (Lipinski definition) is 2. The van der Waals surface area contributed by atoms with Crippen LogP contribution < -0.4 is 14.8 Å². The fraction of sp³-hybridized carbons (Fsp3) is 0.0435. The quantitative estimate of drug-likeness (QED) is 0.617. The van der Waals surface area contributed by atoms with E-state index in [1.165, 1.54) is 31.4 Å². The average Bonchev–Trinajstić information content (AvgIpc) is 2.80. The van der Waals surface area contributed by atoms with Gasteiger partial charge in [0.15, 0.2) is 0 Å². The molecule has 0 unspecified atom stereocenters. The highest BCUT2D eigenvalue weighted by Crippen LogP contribution is 2.28. The predicted molar refractivity (Wildman–Crippen MR) is 116 cm³/mol. The lowest BCUT2D eigenvalue weighted by Gasteiger charge is -2.23. The molecule has 0 radical (unpaired) electrons. The first kappa shape index (κ1) is 20.4. The minimum atomic E-state index is -4.10. The van der Waals surface area contributed by atoms with Gasteiger partial charge in [0.1, 0.15) is 17.1 Å². The Morgan fingerprint density at radius 3 is 1.84 bits per heavy atom. The molecule has 1 aliphatic rings. The van der Waals surface area contributed by atoms with Gasteiger partial charge in [0, 0.05) is 16.8 Å². The normalized spacial score (nSPS) is 13.6. The molecule has 4 rings (SSSR count). The van der Waals surface area contributed by atoms with Crippen molar-refractivity contribution in [1.82, 2.24) is 4.72 Å². The third-order valence-corrected chi connectivity index (χ3v) is 6.14. The zero-order valence-electron chi connectivity index (χ0n) is 16.5. The summed E-state index contributed by atoms with van der Waals surface area (Å²) in [5.41, 5.74) is 0.356. The van der Waals surface area contributed by atoms with Crippen molar-refractivity contribution in [3.63, 3.8) is 0 Å². The lowest BCUT2D eigenvalue weighted by Crippen LogP contribution is -2.36. The van der Waals surface area contributed by atoms with Crippen LogP contribution in [0.5, 0.6) is 5.75 Å². The van der Waals surface area contributed by atoms with E-state index in [0.717, 1.165) is 0 Å². The SMILES string of the molecule is COc1ccc(NC2=C(NS(=O)(=O)c3ccccc3)C(=O)c3ccccc3C2=O)cc1. The van der Waals surface area contributed by atoms with Gasteiger partial charge in [0.2, 0.25) is 11.6 Å². The molecule has 0 aromatic heterocycles. The summed E-state index contributed by atoms with van der Waals surface area (Å²) in [6.07, 6.45) is 0. The van der Waals surface area contributed by atoms with Gasteiger partial charge >= 0.3 is 0 Å². The van der Waals surface area contributed by atoms with E-state index in [9.17, 15) is 18.0 Å². The van der Waals surface area contributed by atoms with Crippen LogP contribution in [0.15, 0.2) is 95.2 Å². The number of hydrogen-bond acceptors (Lipinski definition) is 6. The predicted octanol–water partition coefficient (Wildman–Crippen LogP) is 3.38. The average molecular weight is 434 g/mol. The van der Waals surface area contributed by atoms with E-state index in [1.54, 1.807) is 54.6 Å². The number of carbonyl (C=O) groups excluding carboxylic acids is 2. The number of fused-ring (bicyclic) bond motifs is 1. The zero-order chi connectivity index (χ0) is 22.0. The minimum absolute atomic E-state index is 0.0228. The Hall–Kier alpha value is -3.91. The molecule has 0 aliphatic heterocycles. The van der Waals surface area contributed by atoms with Crippen molar-refractivity contribution in [2.75, 3.05) is 12.4 Å². The van der Waals surface area contributed by atoms with Gasteiger partial charge in [-0.3, -0.25) is 14.3 Å². The molecular weight excluding hydrogens is 416 g/mol. The number of Topliss-reactive ketones (excluding diaryl/α,β-unsaturated/α-hetero) is 2. The zero-order valence-corrected chi connectivity index (χ0v) is 17.3. The van der Waals surface area contributed by atoms with Crippen molar-refractivity contribution >= 4 is 27.3 Å². The van der Waals surface area contributed by atoms with E-state index in [1.807, 2.05) is 0 Å². The summed E-state index contributed by atoms with van der Waals surface area (Å²) in [5, 5.41) is 2.90. The first-order chi connectivity index (χ1) is 14.9. The number of ether oxygens (including phenoxy) is 1. The molecule has 0 amide bonds. The van der Waals surface area contributed by atoms with Gasteiger partial charge < -0.3 is 10.1 Å².